The lowest BCUT2D eigenvalue weighted by Crippen LogP contribution is -2.50. The Hall–Kier alpha value is -2.35. The van der Waals surface area contributed by atoms with E-state index in [0.717, 1.165) is 49.5 Å². The van der Waals surface area contributed by atoms with E-state index >= 15 is 0 Å². The van der Waals surface area contributed by atoms with Gasteiger partial charge < -0.3 is 10.6 Å². The molecule has 7 heteroatoms. The Morgan fingerprint density at radius 1 is 0.867 bits per heavy atom. The molecule has 0 saturated carbocycles. The molecule has 0 aliphatic carbocycles. The summed E-state index contributed by atoms with van der Waals surface area (Å²) in [5.41, 5.74) is 2.86. The van der Waals surface area contributed by atoms with Gasteiger partial charge in [-0.25, -0.2) is 0 Å². The normalized spacial score (nSPS) is 15.0. The van der Waals surface area contributed by atoms with Crippen LogP contribution in [0.2, 0.25) is 0 Å². The number of hydrogen-bond acceptors (Lipinski definition) is 5. The highest BCUT2D eigenvalue weighted by Gasteiger charge is 2.21. The van der Waals surface area contributed by atoms with Crippen LogP contribution in [0.4, 0.5) is 11.4 Å². The fraction of sp³-hybridized carbons (Fsp3) is 0.391. The largest absolute Gasteiger partial charge is 0.325 e. The van der Waals surface area contributed by atoms with Crippen LogP contribution in [0, 0.1) is 0 Å². The first kappa shape index (κ1) is 22.3. The number of piperazine rings is 1. The first-order chi connectivity index (χ1) is 14.6. The molecule has 1 saturated heterocycles. The number of nitrogens with zero attached hydrogens (tertiary/aromatic N) is 2. The monoisotopic (exact) mass is 426 g/mol. The third kappa shape index (κ3) is 6.58. The van der Waals surface area contributed by atoms with E-state index in [1.807, 2.05) is 54.8 Å². The summed E-state index contributed by atoms with van der Waals surface area (Å²) in [5.74, 6) is 0.00468. The first-order valence-corrected chi connectivity index (χ1v) is 11.6. The Morgan fingerprint density at radius 2 is 1.43 bits per heavy atom. The van der Waals surface area contributed by atoms with Crippen LogP contribution in [0.25, 0.3) is 0 Å². The molecular formula is C23H30N4O2S. The van der Waals surface area contributed by atoms with Gasteiger partial charge in [0, 0.05) is 42.4 Å². The lowest BCUT2D eigenvalue weighted by atomic mass is 10.1. The SMILES string of the molecule is CCc1ccccc1NC(=O)CN1CCN(CC(=O)Nc2ccc(SC)cc2)CC1. The highest BCUT2D eigenvalue weighted by Crippen LogP contribution is 2.18. The molecule has 160 valence electrons. The summed E-state index contributed by atoms with van der Waals surface area (Å²) >= 11 is 1.68. The van der Waals surface area contributed by atoms with E-state index < -0.39 is 0 Å². The number of hydrogen-bond donors (Lipinski definition) is 2. The predicted molar refractivity (Wildman–Crippen MR) is 124 cm³/mol. The van der Waals surface area contributed by atoms with Gasteiger partial charge in [-0.1, -0.05) is 25.1 Å². The smallest absolute Gasteiger partial charge is 0.238 e. The van der Waals surface area contributed by atoms with Gasteiger partial charge in [0.15, 0.2) is 0 Å². The number of carbonyl (C=O) groups excluding carboxylic acids is 2. The Bertz CT molecular complexity index is 849. The molecule has 1 aliphatic heterocycles. The van der Waals surface area contributed by atoms with Crippen molar-refractivity contribution in [2.75, 3.05) is 56.2 Å². The molecule has 0 radical (unpaired) electrons. The second-order valence-corrected chi connectivity index (χ2v) is 8.27. The third-order valence-electron chi connectivity index (χ3n) is 5.25. The number of nitrogens with one attached hydrogen (secondary N) is 2. The van der Waals surface area contributed by atoms with Gasteiger partial charge in [-0.05, 0) is 48.6 Å². The highest BCUT2D eigenvalue weighted by molar-refractivity contribution is 7.98. The molecule has 6 nitrogen and oxygen atoms in total. The number of aryl methyl sites for hydroxylation is 1. The molecule has 1 fully saturated rings. The van der Waals surface area contributed by atoms with Gasteiger partial charge in [-0.2, -0.15) is 0 Å². The van der Waals surface area contributed by atoms with Crippen LogP contribution < -0.4 is 10.6 Å². The van der Waals surface area contributed by atoms with Crippen molar-refractivity contribution in [2.24, 2.45) is 0 Å². The molecule has 0 aromatic heterocycles. The van der Waals surface area contributed by atoms with E-state index in [0.29, 0.717) is 13.1 Å². The minimum absolute atomic E-state index is 0.00531. The maximum atomic E-state index is 12.4. The van der Waals surface area contributed by atoms with E-state index in [2.05, 4.69) is 27.4 Å². The second-order valence-electron chi connectivity index (χ2n) is 7.39. The molecule has 1 heterocycles. The molecule has 0 unspecified atom stereocenters. The van der Waals surface area contributed by atoms with Gasteiger partial charge in [0.25, 0.3) is 0 Å². The van der Waals surface area contributed by atoms with E-state index in [1.165, 1.54) is 4.90 Å². The molecule has 1 aliphatic rings. The summed E-state index contributed by atoms with van der Waals surface area (Å²) in [6, 6.07) is 15.8. The maximum absolute atomic E-state index is 12.4. The Labute approximate surface area is 183 Å². The lowest BCUT2D eigenvalue weighted by molar-refractivity contribution is -0.120. The van der Waals surface area contributed by atoms with Crippen molar-refractivity contribution < 1.29 is 9.59 Å². The van der Waals surface area contributed by atoms with Crippen molar-refractivity contribution in [3.63, 3.8) is 0 Å². The zero-order valence-electron chi connectivity index (χ0n) is 17.7. The predicted octanol–water partition coefficient (Wildman–Crippen LogP) is 3.17. The average Bonchev–Trinajstić information content (AvgIpc) is 2.76. The standard InChI is InChI=1S/C23H30N4O2S/c1-3-18-6-4-5-7-21(18)25-23(29)17-27-14-12-26(13-15-27)16-22(28)24-19-8-10-20(30-2)11-9-19/h4-11H,3,12-17H2,1-2H3,(H,24,28)(H,25,29). The van der Waals surface area contributed by atoms with E-state index in [4.69, 9.17) is 0 Å². The molecule has 30 heavy (non-hydrogen) atoms. The fourth-order valence-corrected chi connectivity index (χ4v) is 3.94. The summed E-state index contributed by atoms with van der Waals surface area (Å²) in [7, 11) is 0. The number of benzene rings is 2. The molecule has 3 rings (SSSR count). The summed E-state index contributed by atoms with van der Waals surface area (Å²) < 4.78 is 0. The summed E-state index contributed by atoms with van der Waals surface area (Å²) in [6.45, 7) is 5.93. The number of para-hydroxylation sites is 1. The number of rotatable bonds is 8. The Balaban J connectivity index is 1.39. The number of carbonyl (C=O) groups is 2. The third-order valence-corrected chi connectivity index (χ3v) is 5.99. The molecule has 2 aromatic rings. The van der Waals surface area contributed by atoms with Gasteiger partial charge in [-0.15, -0.1) is 11.8 Å². The average molecular weight is 427 g/mol. The van der Waals surface area contributed by atoms with Gasteiger partial charge in [0.05, 0.1) is 13.1 Å². The van der Waals surface area contributed by atoms with E-state index in [1.54, 1.807) is 11.8 Å². The van der Waals surface area contributed by atoms with Gasteiger partial charge in [0.2, 0.25) is 11.8 Å². The van der Waals surface area contributed by atoms with Gasteiger partial charge in [-0.3, -0.25) is 19.4 Å². The van der Waals surface area contributed by atoms with Gasteiger partial charge >= 0.3 is 0 Å². The summed E-state index contributed by atoms with van der Waals surface area (Å²) in [5, 5.41) is 5.98. The fourth-order valence-electron chi connectivity index (χ4n) is 3.53. The zero-order valence-corrected chi connectivity index (χ0v) is 18.5. The summed E-state index contributed by atoms with van der Waals surface area (Å²) in [4.78, 5) is 30.2. The van der Waals surface area contributed by atoms with Crippen molar-refractivity contribution in [1.82, 2.24) is 9.80 Å². The highest BCUT2D eigenvalue weighted by atomic mass is 32.2. The van der Waals surface area contributed by atoms with Crippen molar-refractivity contribution in [3.8, 4) is 0 Å². The van der Waals surface area contributed by atoms with Crippen LogP contribution in [0.1, 0.15) is 12.5 Å². The number of thioether (sulfide) groups is 1. The Morgan fingerprint density at radius 3 is 2.00 bits per heavy atom. The van der Waals surface area contributed by atoms with Crippen LogP contribution in [0.5, 0.6) is 0 Å². The minimum Gasteiger partial charge on any atom is -0.325 e. The quantitative estimate of drug-likeness (QED) is 0.635. The lowest BCUT2D eigenvalue weighted by Gasteiger charge is -2.33. The second kappa shape index (κ2) is 11.2. The molecule has 0 atom stereocenters. The van der Waals surface area contributed by atoms with Crippen molar-refractivity contribution >= 4 is 35.0 Å². The minimum atomic E-state index is -0.00531. The first-order valence-electron chi connectivity index (χ1n) is 10.3. The van der Waals surface area contributed by atoms with Crippen LogP contribution >= 0.6 is 11.8 Å². The molecule has 2 aromatic carbocycles. The topological polar surface area (TPSA) is 64.7 Å². The Kier molecular flexibility index (Phi) is 8.30. The van der Waals surface area contributed by atoms with Gasteiger partial charge in [0.1, 0.15) is 0 Å². The molecule has 2 N–H and O–H groups in total. The van der Waals surface area contributed by atoms with Crippen LogP contribution in [-0.2, 0) is 16.0 Å². The van der Waals surface area contributed by atoms with Crippen molar-refractivity contribution in [1.29, 1.82) is 0 Å². The van der Waals surface area contributed by atoms with Crippen LogP contribution in [-0.4, -0.2) is 67.1 Å². The molecule has 2 amide bonds. The number of amides is 2. The molecule has 0 bridgehead atoms. The van der Waals surface area contributed by atoms with Crippen LogP contribution in [0.15, 0.2) is 53.4 Å². The van der Waals surface area contributed by atoms with E-state index in [9.17, 15) is 9.59 Å². The van der Waals surface area contributed by atoms with E-state index in [-0.39, 0.29) is 11.8 Å². The molecule has 0 spiro atoms. The maximum Gasteiger partial charge on any atom is 0.238 e. The zero-order chi connectivity index (χ0) is 21.3. The number of anilines is 2. The molecular weight excluding hydrogens is 396 g/mol. The van der Waals surface area contributed by atoms with Crippen molar-refractivity contribution in [3.05, 3.63) is 54.1 Å². The summed E-state index contributed by atoms with van der Waals surface area (Å²) in [6.07, 6.45) is 2.92. The van der Waals surface area contributed by atoms with Crippen LogP contribution in [0.3, 0.4) is 0 Å². The van der Waals surface area contributed by atoms with Crippen molar-refractivity contribution in [2.45, 2.75) is 18.2 Å².